The molecule has 0 saturated carbocycles. The first-order valence-corrected chi connectivity index (χ1v) is 9.11. The quantitative estimate of drug-likeness (QED) is 0.409. The lowest BCUT2D eigenvalue weighted by Gasteiger charge is -2.12. The third kappa shape index (κ3) is 6.31. The normalized spacial score (nSPS) is 10.5. The summed E-state index contributed by atoms with van der Waals surface area (Å²) in [5.74, 6) is -0.277. The summed E-state index contributed by atoms with van der Waals surface area (Å²) in [5.41, 5.74) is 3.15. The zero-order chi connectivity index (χ0) is 21.6. The van der Waals surface area contributed by atoms with Crippen LogP contribution in [0.4, 0.5) is 11.4 Å². The largest absolute Gasteiger partial charge is 0.482 e. The third-order valence-electron chi connectivity index (χ3n) is 4.28. The van der Waals surface area contributed by atoms with E-state index < -0.39 is 23.4 Å². The van der Waals surface area contributed by atoms with Crippen LogP contribution in [0.15, 0.2) is 36.4 Å². The number of aryl methyl sites for hydroxylation is 2. The van der Waals surface area contributed by atoms with Crippen molar-refractivity contribution in [2.75, 3.05) is 18.5 Å². The highest BCUT2D eigenvalue weighted by Gasteiger charge is 2.13. The Hall–Kier alpha value is -3.42. The number of non-ortho nitro benzene ring substituents is 1. The van der Waals surface area contributed by atoms with E-state index in [9.17, 15) is 19.7 Å². The predicted molar refractivity (Wildman–Crippen MR) is 108 cm³/mol. The number of nitrogens with zero attached hydrogens (tertiary/aromatic N) is 1. The van der Waals surface area contributed by atoms with Crippen molar-refractivity contribution in [1.29, 1.82) is 0 Å². The van der Waals surface area contributed by atoms with Gasteiger partial charge < -0.3 is 14.8 Å². The van der Waals surface area contributed by atoms with Gasteiger partial charge in [0.1, 0.15) is 5.75 Å². The van der Waals surface area contributed by atoms with Gasteiger partial charge in [-0.3, -0.25) is 14.9 Å². The van der Waals surface area contributed by atoms with Gasteiger partial charge in [0, 0.05) is 17.8 Å². The van der Waals surface area contributed by atoms with Crippen molar-refractivity contribution in [1.82, 2.24) is 0 Å². The van der Waals surface area contributed by atoms with Gasteiger partial charge >= 0.3 is 5.97 Å². The summed E-state index contributed by atoms with van der Waals surface area (Å²) < 4.78 is 10.3. The van der Waals surface area contributed by atoms with Crippen molar-refractivity contribution in [3.05, 3.63) is 63.2 Å². The van der Waals surface area contributed by atoms with Crippen LogP contribution in [-0.2, 0) is 14.3 Å². The summed E-state index contributed by atoms with van der Waals surface area (Å²) in [6.45, 7) is 7.02. The van der Waals surface area contributed by atoms with Gasteiger partial charge in [0.2, 0.25) is 0 Å². The molecule has 0 aliphatic carbocycles. The molecular weight excluding hydrogens is 376 g/mol. The Balaban J connectivity index is 1.81. The lowest BCUT2D eigenvalue weighted by Crippen LogP contribution is -2.24. The molecule has 2 aromatic rings. The molecule has 154 valence electrons. The molecule has 8 heteroatoms. The van der Waals surface area contributed by atoms with E-state index in [1.165, 1.54) is 23.8 Å². The number of amides is 1. The second-order valence-electron chi connectivity index (χ2n) is 6.93. The Morgan fingerprint density at radius 3 is 2.38 bits per heavy atom. The fraction of sp³-hybridized carbons (Fsp3) is 0.333. The van der Waals surface area contributed by atoms with E-state index in [4.69, 9.17) is 9.47 Å². The Kier molecular flexibility index (Phi) is 7.30. The van der Waals surface area contributed by atoms with Crippen LogP contribution in [0.2, 0.25) is 0 Å². The molecule has 0 spiro atoms. The number of carbonyl (C=O) groups is 2. The van der Waals surface area contributed by atoms with Gasteiger partial charge in [-0.05, 0) is 54.7 Å². The number of nitrogens with one attached hydrogen (secondary N) is 1. The number of hydrogen-bond acceptors (Lipinski definition) is 6. The van der Waals surface area contributed by atoms with E-state index in [2.05, 4.69) is 19.2 Å². The first-order chi connectivity index (χ1) is 13.7. The van der Waals surface area contributed by atoms with Crippen molar-refractivity contribution in [2.24, 2.45) is 0 Å². The lowest BCUT2D eigenvalue weighted by atomic mass is 9.98. The zero-order valence-corrected chi connectivity index (χ0v) is 16.9. The molecule has 0 heterocycles. The number of carbonyl (C=O) groups excluding carboxylic acids is 2. The standard InChI is InChI=1S/C21H24N2O6/c1-13(2)18-7-6-17(10-14(18)3)28-12-21(25)29-11-20(24)22-19-8-5-16(23(26)27)9-15(19)4/h5-10,13H,11-12H2,1-4H3,(H,22,24). The van der Waals surface area contributed by atoms with Gasteiger partial charge in [-0.2, -0.15) is 0 Å². The lowest BCUT2D eigenvalue weighted by molar-refractivity contribution is -0.384. The minimum Gasteiger partial charge on any atom is -0.482 e. The minimum atomic E-state index is -0.675. The molecule has 0 fully saturated rings. The van der Waals surface area contributed by atoms with Gasteiger partial charge in [-0.1, -0.05) is 19.9 Å². The van der Waals surface area contributed by atoms with Crippen molar-refractivity contribution in [3.63, 3.8) is 0 Å². The molecule has 0 aliphatic rings. The molecule has 2 rings (SSSR count). The van der Waals surface area contributed by atoms with Crippen LogP contribution in [0, 0.1) is 24.0 Å². The molecule has 2 aromatic carbocycles. The number of rotatable bonds is 8. The van der Waals surface area contributed by atoms with E-state index in [0.717, 1.165) is 5.56 Å². The number of nitro benzene ring substituents is 1. The highest BCUT2D eigenvalue weighted by Crippen LogP contribution is 2.23. The van der Waals surface area contributed by atoms with Crippen LogP contribution in [-0.4, -0.2) is 30.0 Å². The third-order valence-corrected chi connectivity index (χ3v) is 4.28. The molecule has 0 saturated heterocycles. The molecule has 8 nitrogen and oxygen atoms in total. The molecule has 29 heavy (non-hydrogen) atoms. The van der Waals surface area contributed by atoms with E-state index in [1.54, 1.807) is 13.0 Å². The fourth-order valence-corrected chi connectivity index (χ4v) is 2.80. The van der Waals surface area contributed by atoms with Crippen LogP contribution in [0.25, 0.3) is 0 Å². The monoisotopic (exact) mass is 400 g/mol. The average Bonchev–Trinajstić information content (AvgIpc) is 2.65. The predicted octanol–water partition coefficient (Wildman–Crippen LogP) is 3.90. The Bertz CT molecular complexity index is 923. The summed E-state index contributed by atoms with van der Waals surface area (Å²) in [5, 5.41) is 13.3. The number of ether oxygens (including phenoxy) is 2. The molecular formula is C21H24N2O6. The fourth-order valence-electron chi connectivity index (χ4n) is 2.80. The topological polar surface area (TPSA) is 108 Å². The van der Waals surface area contributed by atoms with Gasteiger partial charge in [-0.25, -0.2) is 4.79 Å². The van der Waals surface area contributed by atoms with Crippen molar-refractivity contribution in [2.45, 2.75) is 33.6 Å². The second-order valence-corrected chi connectivity index (χ2v) is 6.93. The van der Waals surface area contributed by atoms with Crippen LogP contribution in [0.5, 0.6) is 5.75 Å². The van der Waals surface area contributed by atoms with E-state index in [0.29, 0.717) is 22.9 Å². The summed E-state index contributed by atoms with van der Waals surface area (Å²) in [6.07, 6.45) is 0. The van der Waals surface area contributed by atoms with Crippen LogP contribution < -0.4 is 10.1 Å². The van der Waals surface area contributed by atoms with Crippen LogP contribution >= 0.6 is 0 Å². The molecule has 1 N–H and O–H groups in total. The highest BCUT2D eigenvalue weighted by atomic mass is 16.6. The van der Waals surface area contributed by atoms with Crippen molar-refractivity contribution < 1.29 is 24.0 Å². The number of hydrogen-bond donors (Lipinski definition) is 1. The molecule has 0 bridgehead atoms. The molecule has 0 unspecified atom stereocenters. The second kappa shape index (κ2) is 9.68. The van der Waals surface area contributed by atoms with Gasteiger partial charge in [0.25, 0.3) is 11.6 Å². The maximum Gasteiger partial charge on any atom is 0.344 e. The van der Waals surface area contributed by atoms with E-state index >= 15 is 0 Å². The van der Waals surface area contributed by atoms with Gasteiger partial charge in [0.15, 0.2) is 13.2 Å². The molecule has 0 radical (unpaired) electrons. The molecule has 1 amide bonds. The number of nitro groups is 1. The first-order valence-electron chi connectivity index (χ1n) is 9.11. The minimum absolute atomic E-state index is 0.0688. The number of anilines is 1. The van der Waals surface area contributed by atoms with Crippen molar-refractivity contribution >= 4 is 23.3 Å². The number of benzene rings is 2. The SMILES string of the molecule is Cc1cc([N+](=O)[O-])ccc1NC(=O)COC(=O)COc1ccc(C(C)C)c(C)c1. The molecule has 0 atom stereocenters. The van der Waals surface area contributed by atoms with Crippen LogP contribution in [0.3, 0.4) is 0 Å². The highest BCUT2D eigenvalue weighted by molar-refractivity contribution is 5.93. The summed E-state index contributed by atoms with van der Waals surface area (Å²) in [7, 11) is 0. The van der Waals surface area contributed by atoms with Gasteiger partial charge in [0.05, 0.1) is 4.92 Å². The Morgan fingerprint density at radius 2 is 1.79 bits per heavy atom. The average molecular weight is 400 g/mol. The van der Waals surface area contributed by atoms with Crippen LogP contribution in [0.1, 0.15) is 36.5 Å². The van der Waals surface area contributed by atoms with E-state index in [1.807, 2.05) is 19.1 Å². The zero-order valence-electron chi connectivity index (χ0n) is 16.9. The van der Waals surface area contributed by atoms with Gasteiger partial charge in [-0.15, -0.1) is 0 Å². The number of esters is 1. The van der Waals surface area contributed by atoms with E-state index in [-0.39, 0.29) is 12.3 Å². The summed E-state index contributed by atoms with van der Waals surface area (Å²) in [4.78, 5) is 34.0. The van der Waals surface area contributed by atoms with Crippen molar-refractivity contribution in [3.8, 4) is 5.75 Å². The Labute approximate surface area is 169 Å². The summed E-state index contributed by atoms with van der Waals surface area (Å²) >= 11 is 0. The smallest absolute Gasteiger partial charge is 0.344 e. The molecule has 0 aliphatic heterocycles. The summed E-state index contributed by atoms with van der Waals surface area (Å²) in [6, 6.07) is 9.67. The molecule has 0 aromatic heterocycles. The maximum absolute atomic E-state index is 11.9. The first kappa shape index (κ1) is 21.9. The Morgan fingerprint density at radius 1 is 1.07 bits per heavy atom. The maximum atomic E-state index is 11.9.